The van der Waals surface area contributed by atoms with Gasteiger partial charge in [-0.25, -0.2) is 0 Å². The molecule has 2 unspecified atom stereocenters. The molecular formula is C40H67N5O15. The van der Waals surface area contributed by atoms with Gasteiger partial charge < -0.3 is 50.7 Å². The molecule has 0 aliphatic carbocycles. The Bertz CT molecular complexity index is 1260. The van der Waals surface area contributed by atoms with Crippen LogP contribution in [0.4, 0.5) is 0 Å². The standard InChI is InChI=1S/C40H67N5O15/c1-29(46)35(44-37(52)27-58-24-22-56-20-18-42-30(2)47)12-8-4-6-10-32(49)14-15-34(51)26-60-39(54)17-16-33(50)11-7-5-9-13-36(40(41)55)45-38(53)28-59-25-23-57-21-19-43-31(3)48/h35-36H,4-28H2,1-3H3,(H2,41,55)(H,42,47)(H,43,48)(H,44,52)(H,45,53). The Morgan fingerprint density at radius 1 is 0.467 bits per heavy atom. The first-order valence-electron chi connectivity index (χ1n) is 20.5. The molecule has 0 aromatic rings. The SMILES string of the molecule is CC(=O)NCCOCCOCC(=O)NC(CCCCCC(=O)CCC(=O)COC(=O)CCC(=O)CCCCCC(NC(=O)COCCOCCNC(C)=O)C(N)=O)C(C)=O. The number of rotatable bonds is 40. The molecule has 2 atom stereocenters. The minimum atomic E-state index is -0.895. The average molecular weight is 858 g/mol. The van der Waals surface area contributed by atoms with E-state index >= 15 is 0 Å². The Morgan fingerprint density at radius 2 is 0.900 bits per heavy atom. The monoisotopic (exact) mass is 857 g/mol. The molecule has 0 bridgehead atoms. The van der Waals surface area contributed by atoms with Gasteiger partial charge in [0.15, 0.2) is 11.6 Å². The van der Waals surface area contributed by atoms with Gasteiger partial charge in [-0.15, -0.1) is 0 Å². The normalized spacial score (nSPS) is 11.8. The van der Waals surface area contributed by atoms with Crippen LogP contribution in [0.1, 0.15) is 111 Å². The molecular weight excluding hydrogens is 790 g/mol. The number of amides is 5. The molecule has 342 valence electrons. The number of unbranched alkanes of at least 4 members (excludes halogenated alkanes) is 4. The maximum atomic E-state index is 12.3. The van der Waals surface area contributed by atoms with Crippen LogP contribution in [0.2, 0.25) is 0 Å². The number of carbonyl (C=O) groups is 10. The molecule has 0 rings (SSSR count). The smallest absolute Gasteiger partial charge is 0.306 e. The maximum Gasteiger partial charge on any atom is 0.306 e. The fourth-order valence-corrected chi connectivity index (χ4v) is 5.27. The minimum Gasteiger partial charge on any atom is -0.458 e. The molecule has 20 heteroatoms. The van der Waals surface area contributed by atoms with E-state index in [2.05, 4.69) is 21.3 Å². The third kappa shape index (κ3) is 35.3. The van der Waals surface area contributed by atoms with E-state index in [1.54, 1.807) is 0 Å². The Kier molecular flexibility index (Phi) is 33.4. The Morgan fingerprint density at radius 3 is 1.37 bits per heavy atom. The van der Waals surface area contributed by atoms with Crippen LogP contribution in [0.5, 0.6) is 0 Å². The van der Waals surface area contributed by atoms with Gasteiger partial charge in [-0.05, 0) is 32.6 Å². The first-order chi connectivity index (χ1) is 28.6. The molecule has 60 heavy (non-hydrogen) atoms. The van der Waals surface area contributed by atoms with Crippen molar-refractivity contribution in [3.63, 3.8) is 0 Å². The highest BCUT2D eigenvalue weighted by Gasteiger charge is 2.19. The van der Waals surface area contributed by atoms with E-state index in [0.29, 0.717) is 71.2 Å². The molecule has 0 spiro atoms. The average Bonchev–Trinajstić information content (AvgIpc) is 3.18. The van der Waals surface area contributed by atoms with Crippen LogP contribution in [0.15, 0.2) is 0 Å². The number of primary amides is 1. The lowest BCUT2D eigenvalue weighted by Crippen LogP contribution is -2.45. The van der Waals surface area contributed by atoms with Gasteiger partial charge in [0, 0.05) is 59.0 Å². The molecule has 0 saturated heterocycles. The molecule has 6 N–H and O–H groups in total. The first-order valence-corrected chi connectivity index (χ1v) is 20.5. The highest BCUT2D eigenvalue weighted by Crippen LogP contribution is 2.11. The topological polar surface area (TPSA) is 291 Å². The zero-order valence-corrected chi connectivity index (χ0v) is 35.5. The molecule has 0 aliphatic rings. The van der Waals surface area contributed by atoms with E-state index in [1.807, 2.05) is 0 Å². The molecule has 5 amide bonds. The summed E-state index contributed by atoms with van der Waals surface area (Å²) in [7, 11) is 0. The van der Waals surface area contributed by atoms with Crippen LogP contribution >= 0.6 is 0 Å². The number of nitrogens with two attached hydrogens (primary N) is 1. The van der Waals surface area contributed by atoms with Crippen LogP contribution in [-0.4, -0.2) is 143 Å². The van der Waals surface area contributed by atoms with Crippen molar-refractivity contribution in [3.8, 4) is 0 Å². The number of nitrogens with one attached hydrogen (secondary N) is 4. The van der Waals surface area contributed by atoms with Crippen LogP contribution in [0.25, 0.3) is 0 Å². The number of hydrogen-bond donors (Lipinski definition) is 5. The summed E-state index contributed by atoms with van der Waals surface area (Å²) in [4.78, 5) is 118. The zero-order valence-electron chi connectivity index (χ0n) is 35.5. The Labute approximate surface area is 352 Å². The first kappa shape index (κ1) is 55.3. The van der Waals surface area contributed by atoms with E-state index in [9.17, 15) is 47.9 Å². The fraction of sp³-hybridized carbons (Fsp3) is 0.750. The van der Waals surface area contributed by atoms with Crippen molar-refractivity contribution in [2.24, 2.45) is 5.73 Å². The predicted molar refractivity (Wildman–Crippen MR) is 215 cm³/mol. The fourth-order valence-electron chi connectivity index (χ4n) is 5.27. The summed E-state index contributed by atoms with van der Waals surface area (Å²) in [6.45, 7) is 5.33. The largest absolute Gasteiger partial charge is 0.458 e. The summed E-state index contributed by atoms with van der Waals surface area (Å²) in [5, 5.41) is 10.3. The molecule has 20 nitrogen and oxygen atoms in total. The molecule has 0 saturated carbocycles. The van der Waals surface area contributed by atoms with E-state index in [-0.39, 0.29) is 114 Å². The highest BCUT2D eigenvalue weighted by atomic mass is 16.5. The van der Waals surface area contributed by atoms with Gasteiger partial charge in [0.1, 0.15) is 37.4 Å². The predicted octanol–water partition coefficient (Wildman–Crippen LogP) is 0.0808. The highest BCUT2D eigenvalue weighted by molar-refractivity contribution is 5.89. The van der Waals surface area contributed by atoms with Crippen molar-refractivity contribution in [3.05, 3.63) is 0 Å². The van der Waals surface area contributed by atoms with Crippen LogP contribution in [0, 0.1) is 0 Å². The third-order valence-electron chi connectivity index (χ3n) is 8.54. The number of ether oxygens (including phenoxy) is 5. The molecule has 0 aromatic carbocycles. The summed E-state index contributed by atoms with van der Waals surface area (Å²) in [6.07, 6.45) is 4.17. The van der Waals surface area contributed by atoms with Gasteiger partial charge in [-0.2, -0.15) is 0 Å². The maximum absolute atomic E-state index is 12.3. The van der Waals surface area contributed by atoms with Crippen LogP contribution in [0.3, 0.4) is 0 Å². The second-order valence-corrected chi connectivity index (χ2v) is 14.0. The van der Waals surface area contributed by atoms with Gasteiger partial charge in [0.25, 0.3) is 0 Å². The molecule has 0 radical (unpaired) electrons. The van der Waals surface area contributed by atoms with Crippen molar-refractivity contribution in [1.82, 2.24) is 21.3 Å². The third-order valence-corrected chi connectivity index (χ3v) is 8.54. The van der Waals surface area contributed by atoms with Crippen LogP contribution < -0.4 is 27.0 Å². The number of esters is 1. The van der Waals surface area contributed by atoms with Gasteiger partial charge in [-0.1, -0.05) is 25.7 Å². The van der Waals surface area contributed by atoms with Crippen molar-refractivity contribution in [2.45, 2.75) is 123 Å². The summed E-state index contributed by atoms with van der Waals surface area (Å²) in [5.41, 5.74) is 5.40. The van der Waals surface area contributed by atoms with Gasteiger partial charge in [0.2, 0.25) is 29.5 Å². The van der Waals surface area contributed by atoms with Crippen LogP contribution in [-0.2, 0) is 71.6 Å². The van der Waals surface area contributed by atoms with E-state index in [4.69, 9.17) is 29.4 Å². The quantitative estimate of drug-likeness (QED) is 0.0403. The lowest BCUT2D eigenvalue weighted by molar-refractivity contribution is -0.148. The summed E-state index contributed by atoms with van der Waals surface area (Å²) in [5.74, 6) is -3.56. The second-order valence-electron chi connectivity index (χ2n) is 14.0. The van der Waals surface area contributed by atoms with E-state index < -0.39 is 48.2 Å². The van der Waals surface area contributed by atoms with Crippen molar-refractivity contribution >= 4 is 58.6 Å². The zero-order chi connectivity index (χ0) is 45.0. The minimum absolute atomic E-state index is 0.00198. The number of ketones is 4. The Balaban J connectivity index is 4.00. The lowest BCUT2D eigenvalue weighted by atomic mass is 10.0. The lowest BCUT2D eigenvalue weighted by Gasteiger charge is -2.16. The second kappa shape index (κ2) is 36.2. The van der Waals surface area contributed by atoms with Gasteiger partial charge in [-0.3, -0.25) is 47.9 Å². The van der Waals surface area contributed by atoms with Crippen molar-refractivity contribution < 1.29 is 71.6 Å². The number of Topliss-reactive ketones (excluding diaryl/α,β-unsaturated/α-hetero) is 4. The van der Waals surface area contributed by atoms with Crippen molar-refractivity contribution in [2.75, 3.05) is 72.6 Å². The number of carbonyl (C=O) groups excluding carboxylic acids is 10. The molecule has 0 aromatic heterocycles. The van der Waals surface area contributed by atoms with Crippen molar-refractivity contribution in [1.29, 1.82) is 0 Å². The molecule has 0 fully saturated rings. The summed E-state index contributed by atoms with van der Waals surface area (Å²) < 4.78 is 25.9. The van der Waals surface area contributed by atoms with E-state index in [0.717, 1.165) is 0 Å². The molecule has 0 heterocycles. The summed E-state index contributed by atoms with van der Waals surface area (Å²) in [6, 6.07) is -1.57. The molecule has 0 aliphatic heterocycles. The number of hydrogen-bond acceptors (Lipinski definition) is 15. The van der Waals surface area contributed by atoms with Gasteiger partial charge >= 0.3 is 5.97 Å². The summed E-state index contributed by atoms with van der Waals surface area (Å²) >= 11 is 0. The van der Waals surface area contributed by atoms with Gasteiger partial charge in [0.05, 0.1) is 52.1 Å². The van der Waals surface area contributed by atoms with E-state index in [1.165, 1.54) is 20.8 Å². The Hall–Kier alpha value is -4.66.